The van der Waals surface area contributed by atoms with Crippen LogP contribution in [0.25, 0.3) is 0 Å². The third-order valence-electron chi connectivity index (χ3n) is 3.41. The van der Waals surface area contributed by atoms with Gasteiger partial charge in [-0.2, -0.15) is 0 Å². The zero-order valence-corrected chi connectivity index (χ0v) is 14.7. The second-order valence-corrected chi connectivity index (χ2v) is 6.29. The number of ether oxygens (including phenoxy) is 2. The number of hydrogen-bond acceptors (Lipinski definition) is 3. The fourth-order valence-corrected chi connectivity index (χ4v) is 2.02. The van der Waals surface area contributed by atoms with Crippen LogP contribution in [-0.4, -0.2) is 18.6 Å². The van der Waals surface area contributed by atoms with Crippen LogP contribution in [0.5, 0.6) is 11.5 Å². The second-order valence-electron chi connectivity index (χ2n) is 6.29. The van der Waals surface area contributed by atoms with E-state index in [2.05, 4.69) is 19.2 Å². The highest BCUT2D eigenvalue weighted by Gasteiger charge is 2.14. The number of carbonyl (C=O) groups is 1. The molecule has 4 heteroatoms. The van der Waals surface area contributed by atoms with E-state index in [1.54, 1.807) is 6.92 Å². The predicted octanol–water partition coefficient (Wildman–Crippen LogP) is 4.44. The highest BCUT2D eigenvalue weighted by atomic mass is 16.5. The third kappa shape index (κ3) is 5.61. The predicted molar refractivity (Wildman–Crippen MR) is 96.7 cm³/mol. The molecule has 4 nitrogen and oxygen atoms in total. The molecule has 2 aromatic rings. The Kier molecular flexibility index (Phi) is 6.24. The van der Waals surface area contributed by atoms with Gasteiger partial charge in [-0.3, -0.25) is 4.79 Å². The SMILES string of the molecule is Cc1ccc(OC(C)C(=O)Nc2ccc(OCC(C)C)cc2)cc1. The topological polar surface area (TPSA) is 47.6 Å². The zero-order chi connectivity index (χ0) is 17.5. The van der Waals surface area contributed by atoms with E-state index in [9.17, 15) is 4.79 Å². The lowest BCUT2D eigenvalue weighted by Crippen LogP contribution is -2.30. The summed E-state index contributed by atoms with van der Waals surface area (Å²) in [7, 11) is 0. The minimum atomic E-state index is -0.579. The summed E-state index contributed by atoms with van der Waals surface area (Å²) >= 11 is 0. The van der Waals surface area contributed by atoms with Gasteiger partial charge in [0.15, 0.2) is 6.10 Å². The van der Waals surface area contributed by atoms with E-state index < -0.39 is 6.10 Å². The summed E-state index contributed by atoms with van der Waals surface area (Å²) < 4.78 is 11.3. The van der Waals surface area contributed by atoms with Gasteiger partial charge in [0, 0.05) is 5.69 Å². The van der Waals surface area contributed by atoms with Gasteiger partial charge >= 0.3 is 0 Å². The lowest BCUT2D eigenvalue weighted by atomic mass is 10.2. The number of hydrogen-bond donors (Lipinski definition) is 1. The number of rotatable bonds is 7. The van der Waals surface area contributed by atoms with Gasteiger partial charge in [-0.15, -0.1) is 0 Å². The minimum absolute atomic E-state index is 0.188. The molecule has 0 fully saturated rings. The molecule has 0 saturated carbocycles. The van der Waals surface area contributed by atoms with Crippen molar-refractivity contribution >= 4 is 11.6 Å². The van der Waals surface area contributed by atoms with Gasteiger partial charge in [-0.05, 0) is 56.2 Å². The molecule has 0 bridgehead atoms. The summed E-state index contributed by atoms with van der Waals surface area (Å²) in [5.74, 6) is 1.77. The highest BCUT2D eigenvalue weighted by Crippen LogP contribution is 2.18. The van der Waals surface area contributed by atoms with Crippen molar-refractivity contribution in [3.8, 4) is 11.5 Å². The van der Waals surface area contributed by atoms with Crippen molar-refractivity contribution in [2.75, 3.05) is 11.9 Å². The standard InChI is InChI=1S/C20H25NO3/c1-14(2)13-23-18-11-7-17(8-12-18)21-20(22)16(4)24-19-9-5-15(3)6-10-19/h5-12,14,16H,13H2,1-4H3,(H,21,22). The molecule has 0 spiro atoms. The number of aryl methyl sites for hydroxylation is 1. The Morgan fingerprint density at radius 3 is 2.12 bits per heavy atom. The van der Waals surface area contributed by atoms with Crippen molar-refractivity contribution in [2.24, 2.45) is 5.92 Å². The first-order chi connectivity index (χ1) is 11.4. The molecular weight excluding hydrogens is 302 g/mol. The van der Waals surface area contributed by atoms with Crippen LogP contribution in [-0.2, 0) is 4.79 Å². The molecule has 0 aliphatic heterocycles. The van der Waals surface area contributed by atoms with Crippen LogP contribution in [0.3, 0.4) is 0 Å². The van der Waals surface area contributed by atoms with Crippen LogP contribution in [0.4, 0.5) is 5.69 Å². The lowest BCUT2D eigenvalue weighted by molar-refractivity contribution is -0.122. The highest BCUT2D eigenvalue weighted by molar-refractivity contribution is 5.94. The summed E-state index contributed by atoms with van der Waals surface area (Å²) in [4.78, 5) is 12.2. The summed E-state index contributed by atoms with van der Waals surface area (Å²) in [5.41, 5.74) is 1.87. The van der Waals surface area contributed by atoms with Gasteiger partial charge in [0.1, 0.15) is 11.5 Å². The van der Waals surface area contributed by atoms with E-state index in [1.165, 1.54) is 0 Å². The fraction of sp³-hybridized carbons (Fsp3) is 0.350. The summed E-state index contributed by atoms with van der Waals surface area (Å²) in [6.07, 6.45) is -0.579. The average Bonchev–Trinajstić information content (AvgIpc) is 2.56. The maximum atomic E-state index is 12.2. The molecule has 0 saturated heterocycles. The molecular formula is C20H25NO3. The Morgan fingerprint density at radius 2 is 1.54 bits per heavy atom. The molecule has 1 N–H and O–H groups in total. The molecule has 0 heterocycles. The van der Waals surface area contributed by atoms with Gasteiger partial charge in [-0.1, -0.05) is 31.5 Å². The maximum absolute atomic E-state index is 12.2. The molecule has 1 atom stereocenters. The van der Waals surface area contributed by atoms with E-state index >= 15 is 0 Å². The number of amides is 1. The van der Waals surface area contributed by atoms with Crippen molar-refractivity contribution in [1.82, 2.24) is 0 Å². The number of benzene rings is 2. The monoisotopic (exact) mass is 327 g/mol. The van der Waals surface area contributed by atoms with E-state index in [1.807, 2.05) is 55.5 Å². The second kappa shape index (κ2) is 8.39. The van der Waals surface area contributed by atoms with Crippen LogP contribution in [0.15, 0.2) is 48.5 Å². The number of anilines is 1. The smallest absolute Gasteiger partial charge is 0.265 e. The Hall–Kier alpha value is -2.49. The molecule has 0 aliphatic carbocycles. The largest absolute Gasteiger partial charge is 0.493 e. The Morgan fingerprint density at radius 1 is 0.958 bits per heavy atom. The molecule has 1 unspecified atom stereocenters. The number of nitrogens with one attached hydrogen (secondary N) is 1. The summed E-state index contributed by atoms with van der Waals surface area (Å²) in [6, 6.07) is 15.0. The molecule has 24 heavy (non-hydrogen) atoms. The first-order valence-electron chi connectivity index (χ1n) is 8.21. The molecule has 0 aromatic heterocycles. The molecule has 0 aliphatic rings. The maximum Gasteiger partial charge on any atom is 0.265 e. The van der Waals surface area contributed by atoms with Crippen molar-refractivity contribution in [2.45, 2.75) is 33.8 Å². The van der Waals surface area contributed by atoms with Crippen LogP contribution in [0.2, 0.25) is 0 Å². The van der Waals surface area contributed by atoms with Gasteiger partial charge in [0.25, 0.3) is 5.91 Å². The zero-order valence-electron chi connectivity index (χ0n) is 14.7. The van der Waals surface area contributed by atoms with E-state index in [0.717, 1.165) is 17.0 Å². The van der Waals surface area contributed by atoms with Crippen molar-refractivity contribution in [3.63, 3.8) is 0 Å². The summed E-state index contributed by atoms with van der Waals surface area (Å²) in [5, 5.41) is 2.85. The Labute approximate surface area is 143 Å². The minimum Gasteiger partial charge on any atom is -0.493 e. The van der Waals surface area contributed by atoms with Crippen molar-refractivity contribution in [3.05, 3.63) is 54.1 Å². The van der Waals surface area contributed by atoms with Gasteiger partial charge < -0.3 is 14.8 Å². The van der Waals surface area contributed by atoms with Gasteiger partial charge in [0.05, 0.1) is 6.61 Å². The van der Waals surface area contributed by atoms with Gasteiger partial charge in [-0.25, -0.2) is 0 Å². The van der Waals surface area contributed by atoms with Crippen molar-refractivity contribution < 1.29 is 14.3 Å². The Bertz CT molecular complexity index is 648. The van der Waals surface area contributed by atoms with Crippen molar-refractivity contribution in [1.29, 1.82) is 0 Å². The summed E-state index contributed by atoms with van der Waals surface area (Å²) in [6.45, 7) is 8.62. The van der Waals surface area contributed by atoms with Crippen LogP contribution >= 0.6 is 0 Å². The van der Waals surface area contributed by atoms with E-state index in [4.69, 9.17) is 9.47 Å². The molecule has 2 aromatic carbocycles. The lowest BCUT2D eigenvalue weighted by Gasteiger charge is -2.15. The molecule has 1 amide bonds. The van der Waals surface area contributed by atoms with Crippen LogP contribution in [0, 0.1) is 12.8 Å². The first kappa shape index (κ1) is 17.9. The normalized spacial score (nSPS) is 11.9. The Balaban J connectivity index is 1.87. The van der Waals surface area contributed by atoms with Crippen LogP contribution in [0.1, 0.15) is 26.3 Å². The van der Waals surface area contributed by atoms with Crippen LogP contribution < -0.4 is 14.8 Å². The quantitative estimate of drug-likeness (QED) is 0.818. The average molecular weight is 327 g/mol. The molecule has 0 radical (unpaired) electrons. The van der Waals surface area contributed by atoms with E-state index in [0.29, 0.717) is 18.3 Å². The molecule has 128 valence electrons. The first-order valence-corrected chi connectivity index (χ1v) is 8.21. The fourth-order valence-electron chi connectivity index (χ4n) is 2.02. The third-order valence-corrected chi connectivity index (χ3v) is 3.41. The van der Waals surface area contributed by atoms with E-state index in [-0.39, 0.29) is 5.91 Å². The molecule has 2 rings (SSSR count). The van der Waals surface area contributed by atoms with Gasteiger partial charge in [0.2, 0.25) is 0 Å². The number of carbonyl (C=O) groups excluding carboxylic acids is 1.